The van der Waals surface area contributed by atoms with Crippen LogP contribution in [0.1, 0.15) is 29.5 Å². The molecule has 1 aromatic carbocycles. The van der Waals surface area contributed by atoms with E-state index in [9.17, 15) is 0 Å². The summed E-state index contributed by atoms with van der Waals surface area (Å²) < 4.78 is 10.9. The highest BCUT2D eigenvalue weighted by molar-refractivity contribution is 5.30. The van der Waals surface area contributed by atoms with Crippen LogP contribution in [0.5, 0.6) is 5.75 Å². The first-order valence-electron chi connectivity index (χ1n) is 6.45. The number of nitrogens with zero attached hydrogens (tertiary/aromatic N) is 1. The predicted molar refractivity (Wildman–Crippen MR) is 74.1 cm³/mol. The molecule has 1 atom stereocenters. The summed E-state index contributed by atoms with van der Waals surface area (Å²) in [6.45, 7) is 6.28. The lowest BCUT2D eigenvalue weighted by molar-refractivity contribution is 0.301. The Morgan fingerprint density at radius 1 is 1.37 bits per heavy atom. The lowest BCUT2D eigenvalue weighted by Crippen LogP contribution is -2.17. The summed E-state index contributed by atoms with van der Waals surface area (Å²) in [6, 6.07) is 8.18. The molecule has 0 spiro atoms. The zero-order valence-corrected chi connectivity index (χ0v) is 11.6. The highest BCUT2D eigenvalue weighted by Gasteiger charge is 2.09. The quantitative estimate of drug-likeness (QED) is 0.898. The molecule has 0 saturated carbocycles. The monoisotopic (exact) mass is 260 g/mol. The van der Waals surface area contributed by atoms with E-state index in [1.54, 1.807) is 0 Å². The first-order valence-corrected chi connectivity index (χ1v) is 6.45. The smallest absolute Gasteiger partial charge is 0.140 e. The maximum absolute atomic E-state index is 5.80. The Morgan fingerprint density at radius 3 is 2.79 bits per heavy atom. The third kappa shape index (κ3) is 3.58. The molecule has 19 heavy (non-hydrogen) atoms. The van der Waals surface area contributed by atoms with Gasteiger partial charge < -0.3 is 15.0 Å². The number of nitrogens with two attached hydrogens (primary N) is 1. The maximum atomic E-state index is 5.80. The van der Waals surface area contributed by atoms with Crippen molar-refractivity contribution in [2.24, 2.45) is 5.73 Å². The predicted octanol–water partition coefficient (Wildman–Crippen LogP) is 2.76. The normalized spacial score (nSPS) is 12.4. The van der Waals surface area contributed by atoms with Crippen LogP contribution >= 0.6 is 0 Å². The van der Waals surface area contributed by atoms with E-state index >= 15 is 0 Å². The van der Waals surface area contributed by atoms with Crippen LogP contribution in [-0.4, -0.2) is 11.2 Å². The van der Waals surface area contributed by atoms with Gasteiger partial charge in [0.05, 0.1) is 11.3 Å². The van der Waals surface area contributed by atoms with Crippen LogP contribution in [0.2, 0.25) is 0 Å². The molecule has 4 nitrogen and oxygen atoms in total. The molecule has 102 valence electrons. The minimum atomic E-state index is 0.151. The van der Waals surface area contributed by atoms with Crippen molar-refractivity contribution >= 4 is 0 Å². The fourth-order valence-electron chi connectivity index (χ4n) is 2.00. The number of benzene rings is 1. The molecule has 2 rings (SSSR count). The van der Waals surface area contributed by atoms with Crippen molar-refractivity contribution in [1.29, 1.82) is 0 Å². The molecule has 0 bridgehead atoms. The highest BCUT2D eigenvalue weighted by Crippen LogP contribution is 2.19. The SMILES string of the molecule is Cc1noc(C)c1COc1cccc(CC(C)N)c1. The fraction of sp³-hybridized carbons (Fsp3) is 0.400. The van der Waals surface area contributed by atoms with Gasteiger partial charge in [-0.15, -0.1) is 0 Å². The zero-order chi connectivity index (χ0) is 13.8. The van der Waals surface area contributed by atoms with Crippen molar-refractivity contribution in [3.63, 3.8) is 0 Å². The highest BCUT2D eigenvalue weighted by atomic mass is 16.5. The average Bonchev–Trinajstić information content (AvgIpc) is 2.66. The number of aryl methyl sites for hydroxylation is 2. The molecule has 0 amide bonds. The zero-order valence-electron chi connectivity index (χ0n) is 11.6. The standard InChI is InChI=1S/C15H20N2O2/c1-10(16)7-13-5-4-6-14(8-13)18-9-15-11(2)17-19-12(15)3/h4-6,8,10H,7,9,16H2,1-3H3. The van der Waals surface area contributed by atoms with Crippen molar-refractivity contribution in [3.05, 3.63) is 46.8 Å². The van der Waals surface area contributed by atoms with E-state index in [-0.39, 0.29) is 6.04 Å². The number of rotatable bonds is 5. The van der Waals surface area contributed by atoms with Gasteiger partial charge in [-0.1, -0.05) is 17.3 Å². The van der Waals surface area contributed by atoms with Gasteiger partial charge in [0, 0.05) is 6.04 Å². The molecule has 0 aliphatic heterocycles. The third-order valence-electron chi connectivity index (χ3n) is 3.02. The van der Waals surface area contributed by atoms with Crippen LogP contribution in [0, 0.1) is 13.8 Å². The molecule has 0 aliphatic carbocycles. The Bertz CT molecular complexity index is 527. The molecule has 0 radical (unpaired) electrons. The molecule has 2 N–H and O–H groups in total. The first-order chi connectivity index (χ1) is 9.06. The van der Waals surface area contributed by atoms with Gasteiger partial charge in [0.15, 0.2) is 0 Å². The van der Waals surface area contributed by atoms with E-state index < -0.39 is 0 Å². The number of hydrogen-bond donors (Lipinski definition) is 1. The lowest BCUT2D eigenvalue weighted by Gasteiger charge is -2.09. The van der Waals surface area contributed by atoms with Crippen molar-refractivity contribution in [2.45, 2.75) is 39.8 Å². The van der Waals surface area contributed by atoms with E-state index in [2.05, 4.69) is 11.2 Å². The third-order valence-corrected chi connectivity index (χ3v) is 3.02. The van der Waals surface area contributed by atoms with Crippen LogP contribution in [0.25, 0.3) is 0 Å². The number of hydrogen-bond acceptors (Lipinski definition) is 4. The molecular weight excluding hydrogens is 240 g/mol. The van der Waals surface area contributed by atoms with Gasteiger partial charge in [-0.2, -0.15) is 0 Å². The lowest BCUT2D eigenvalue weighted by atomic mass is 10.1. The summed E-state index contributed by atoms with van der Waals surface area (Å²) >= 11 is 0. The van der Waals surface area contributed by atoms with Crippen molar-refractivity contribution < 1.29 is 9.26 Å². The van der Waals surface area contributed by atoms with Gasteiger partial charge in [-0.05, 0) is 44.9 Å². The largest absolute Gasteiger partial charge is 0.489 e. The Hall–Kier alpha value is -1.81. The van der Waals surface area contributed by atoms with Crippen molar-refractivity contribution in [2.75, 3.05) is 0 Å². The summed E-state index contributed by atoms with van der Waals surface area (Å²) in [6.07, 6.45) is 0.850. The second kappa shape index (κ2) is 5.89. The van der Waals surface area contributed by atoms with Crippen molar-refractivity contribution in [1.82, 2.24) is 5.16 Å². The van der Waals surface area contributed by atoms with E-state index in [0.29, 0.717) is 6.61 Å². The van der Waals surface area contributed by atoms with Crippen LogP contribution < -0.4 is 10.5 Å². The van der Waals surface area contributed by atoms with Gasteiger partial charge in [-0.3, -0.25) is 0 Å². The van der Waals surface area contributed by atoms with E-state index in [0.717, 1.165) is 29.2 Å². The molecule has 4 heteroatoms. The molecule has 1 heterocycles. The summed E-state index contributed by atoms with van der Waals surface area (Å²) in [5, 5.41) is 3.91. The Kier molecular flexibility index (Phi) is 4.22. The average molecular weight is 260 g/mol. The Labute approximate surface area is 113 Å². The summed E-state index contributed by atoms with van der Waals surface area (Å²) in [7, 11) is 0. The molecule has 0 fully saturated rings. The topological polar surface area (TPSA) is 61.3 Å². The van der Waals surface area contributed by atoms with Crippen LogP contribution in [-0.2, 0) is 13.0 Å². The van der Waals surface area contributed by atoms with Crippen LogP contribution in [0.4, 0.5) is 0 Å². The van der Waals surface area contributed by atoms with Crippen LogP contribution in [0.15, 0.2) is 28.8 Å². The second-order valence-corrected chi connectivity index (χ2v) is 4.92. The van der Waals surface area contributed by atoms with Gasteiger partial charge in [0.2, 0.25) is 0 Å². The van der Waals surface area contributed by atoms with Gasteiger partial charge in [0.1, 0.15) is 18.1 Å². The Morgan fingerprint density at radius 2 is 2.16 bits per heavy atom. The van der Waals surface area contributed by atoms with Crippen LogP contribution in [0.3, 0.4) is 0 Å². The van der Waals surface area contributed by atoms with E-state index in [1.165, 1.54) is 5.56 Å². The van der Waals surface area contributed by atoms with Gasteiger partial charge in [-0.25, -0.2) is 0 Å². The minimum absolute atomic E-state index is 0.151. The first kappa shape index (κ1) is 13.6. The van der Waals surface area contributed by atoms with Crippen molar-refractivity contribution in [3.8, 4) is 5.75 Å². The molecule has 0 saturated heterocycles. The Balaban J connectivity index is 2.03. The van der Waals surface area contributed by atoms with Gasteiger partial charge in [0.25, 0.3) is 0 Å². The summed E-state index contributed by atoms with van der Waals surface area (Å²) in [5.74, 6) is 1.65. The summed E-state index contributed by atoms with van der Waals surface area (Å²) in [5.41, 5.74) is 8.88. The molecule has 1 aromatic heterocycles. The second-order valence-electron chi connectivity index (χ2n) is 4.92. The minimum Gasteiger partial charge on any atom is -0.489 e. The fourth-order valence-corrected chi connectivity index (χ4v) is 2.00. The number of aromatic nitrogens is 1. The van der Waals surface area contributed by atoms with Gasteiger partial charge >= 0.3 is 0 Å². The molecule has 2 aromatic rings. The molecular formula is C15H20N2O2. The van der Waals surface area contributed by atoms with E-state index in [4.69, 9.17) is 15.0 Å². The van der Waals surface area contributed by atoms with E-state index in [1.807, 2.05) is 39.0 Å². The molecule has 0 aliphatic rings. The molecule has 1 unspecified atom stereocenters. The number of ether oxygens (including phenoxy) is 1. The maximum Gasteiger partial charge on any atom is 0.140 e. The summed E-state index contributed by atoms with van der Waals surface area (Å²) in [4.78, 5) is 0.